The fourth-order valence-corrected chi connectivity index (χ4v) is 3.27. The first kappa shape index (κ1) is 20.7. The molecule has 0 heterocycles. The maximum atomic E-state index is 6.50. The van der Waals surface area contributed by atoms with E-state index >= 15 is 0 Å². The highest BCUT2D eigenvalue weighted by Crippen LogP contribution is 2.37. The van der Waals surface area contributed by atoms with Gasteiger partial charge in [0, 0.05) is 27.8 Å². The molecule has 3 aromatic carbocycles. The topological polar surface area (TPSA) is 30.5 Å². The maximum absolute atomic E-state index is 6.50. The summed E-state index contributed by atoms with van der Waals surface area (Å²) in [6.45, 7) is 3.32. The Morgan fingerprint density at radius 3 is 2.32 bits per heavy atom. The van der Waals surface area contributed by atoms with Gasteiger partial charge in [-0.3, -0.25) is 0 Å². The first-order valence-corrected chi connectivity index (χ1v) is 10.0. The van der Waals surface area contributed by atoms with Crippen molar-refractivity contribution in [2.75, 3.05) is 11.9 Å². The van der Waals surface area contributed by atoms with Gasteiger partial charge in [-0.25, -0.2) is 0 Å². The van der Waals surface area contributed by atoms with Crippen molar-refractivity contribution >= 4 is 40.5 Å². The van der Waals surface area contributed by atoms with Crippen molar-refractivity contribution in [1.29, 1.82) is 0 Å². The van der Waals surface area contributed by atoms with E-state index in [0.717, 1.165) is 16.8 Å². The minimum atomic E-state index is 0.307. The summed E-state index contributed by atoms with van der Waals surface area (Å²) < 4.78 is 11.7. The third-order valence-corrected chi connectivity index (χ3v) is 4.94. The highest BCUT2D eigenvalue weighted by molar-refractivity contribution is 6.32. The van der Waals surface area contributed by atoms with E-state index in [0.29, 0.717) is 46.3 Å². The zero-order chi connectivity index (χ0) is 19.9. The van der Waals surface area contributed by atoms with Gasteiger partial charge in [0.2, 0.25) is 0 Å². The van der Waals surface area contributed by atoms with Gasteiger partial charge >= 0.3 is 0 Å². The van der Waals surface area contributed by atoms with Crippen LogP contribution in [0.4, 0.5) is 5.69 Å². The number of nitrogens with one attached hydrogen (secondary N) is 1. The average Bonchev–Trinajstić information content (AvgIpc) is 2.68. The largest absolute Gasteiger partial charge is 0.490 e. The molecule has 0 fully saturated rings. The highest BCUT2D eigenvalue weighted by Gasteiger charge is 2.14. The normalized spacial score (nSPS) is 10.6. The second-order valence-electron chi connectivity index (χ2n) is 6.08. The van der Waals surface area contributed by atoms with E-state index in [1.807, 2.05) is 67.6 Å². The first-order valence-electron chi connectivity index (χ1n) is 8.87. The van der Waals surface area contributed by atoms with Crippen LogP contribution in [-0.4, -0.2) is 6.61 Å². The van der Waals surface area contributed by atoms with Crippen molar-refractivity contribution < 1.29 is 9.47 Å². The van der Waals surface area contributed by atoms with Crippen LogP contribution in [0.1, 0.15) is 18.1 Å². The first-order chi connectivity index (χ1) is 13.6. The summed E-state index contributed by atoms with van der Waals surface area (Å²) in [5.41, 5.74) is 2.84. The van der Waals surface area contributed by atoms with E-state index in [9.17, 15) is 0 Å². The molecule has 0 unspecified atom stereocenters. The molecule has 0 saturated heterocycles. The van der Waals surface area contributed by atoms with E-state index in [2.05, 4.69) is 5.32 Å². The van der Waals surface area contributed by atoms with E-state index < -0.39 is 0 Å². The lowest BCUT2D eigenvalue weighted by Gasteiger charge is -2.16. The molecule has 0 saturated carbocycles. The molecule has 6 heteroatoms. The van der Waals surface area contributed by atoms with Crippen LogP contribution in [0.15, 0.2) is 60.7 Å². The fraction of sp³-hybridized carbons (Fsp3) is 0.182. The molecule has 146 valence electrons. The minimum absolute atomic E-state index is 0.307. The molecular weight excluding hydrogens is 417 g/mol. The van der Waals surface area contributed by atoms with Gasteiger partial charge in [-0.2, -0.15) is 0 Å². The summed E-state index contributed by atoms with van der Waals surface area (Å²) in [4.78, 5) is 0. The molecular formula is C22H20Cl3NO2. The van der Waals surface area contributed by atoms with Gasteiger partial charge < -0.3 is 14.8 Å². The van der Waals surface area contributed by atoms with Crippen LogP contribution in [-0.2, 0) is 13.2 Å². The average molecular weight is 437 g/mol. The van der Waals surface area contributed by atoms with Gasteiger partial charge in [-0.1, -0.05) is 53.0 Å². The lowest BCUT2D eigenvalue weighted by atomic mass is 10.2. The standard InChI is InChI=1S/C22H20Cl3NO2/c1-2-27-21-12-15(13-26-18-9-7-17(23)8-10-18)11-20(25)22(21)28-14-16-5-3-4-6-19(16)24/h3-12,26H,2,13-14H2,1H3. The van der Waals surface area contributed by atoms with E-state index in [-0.39, 0.29) is 0 Å². The highest BCUT2D eigenvalue weighted by atomic mass is 35.5. The molecule has 3 nitrogen and oxygen atoms in total. The molecule has 0 radical (unpaired) electrons. The molecule has 0 spiro atoms. The number of hydrogen-bond acceptors (Lipinski definition) is 3. The molecule has 28 heavy (non-hydrogen) atoms. The third kappa shape index (κ3) is 5.48. The fourth-order valence-electron chi connectivity index (χ4n) is 2.66. The Bertz CT molecular complexity index is 930. The van der Waals surface area contributed by atoms with Crippen molar-refractivity contribution in [3.05, 3.63) is 86.9 Å². The van der Waals surface area contributed by atoms with Gasteiger partial charge in [0.15, 0.2) is 11.5 Å². The monoisotopic (exact) mass is 435 g/mol. The molecule has 1 N–H and O–H groups in total. The molecule has 0 aliphatic rings. The van der Waals surface area contributed by atoms with Crippen LogP contribution in [0.5, 0.6) is 11.5 Å². The van der Waals surface area contributed by atoms with Crippen LogP contribution in [0.3, 0.4) is 0 Å². The van der Waals surface area contributed by atoms with Crippen LogP contribution in [0.2, 0.25) is 15.1 Å². The Hall–Kier alpha value is -2.07. The van der Waals surface area contributed by atoms with Crippen LogP contribution in [0, 0.1) is 0 Å². The molecule has 3 aromatic rings. The van der Waals surface area contributed by atoms with E-state index in [1.54, 1.807) is 0 Å². The lowest BCUT2D eigenvalue weighted by molar-refractivity contribution is 0.269. The van der Waals surface area contributed by atoms with Gasteiger partial charge in [0.25, 0.3) is 0 Å². The number of hydrogen-bond donors (Lipinski definition) is 1. The zero-order valence-corrected chi connectivity index (χ0v) is 17.6. The van der Waals surface area contributed by atoms with Crippen molar-refractivity contribution in [1.82, 2.24) is 0 Å². The predicted molar refractivity (Wildman–Crippen MR) is 117 cm³/mol. The van der Waals surface area contributed by atoms with Crippen molar-refractivity contribution in [3.8, 4) is 11.5 Å². The van der Waals surface area contributed by atoms with Gasteiger partial charge in [-0.15, -0.1) is 0 Å². The Labute approximate surface area is 180 Å². The third-order valence-electron chi connectivity index (χ3n) is 4.04. The van der Waals surface area contributed by atoms with Crippen molar-refractivity contribution in [2.24, 2.45) is 0 Å². The van der Waals surface area contributed by atoms with Gasteiger partial charge in [0.1, 0.15) is 6.61 Å². The number of anilines is 1. The van der Waals surface area contributed by atoms with Crippen molar-refractivity contribution in [3.63, 3.8) is 0 Å². The molecule has 0 aliphatic heterocycles. The minimum Gasteiger partial charge on any atom is -0.490 e. The summed E-state index contributed by atoms with van der Waals surface area (Å²) >= 11 is 18.6. The maximum Gasteiger partial charge on any atom is 0.180 e. The second kappa shape index (κ2) is 9.92. The van der Waals surface area contributed by atoms with Crippen LogP contribution >= 0.6 is 34.8 Å². The lowest BCUT2D eigenvalue weighted by Crippen LogP contribution is -2.04. The predicted octanol–water partition coefficient (Wildman–Crippen LogP) is 7.24. The Balaban J connectivity index is 1.75. The molecule has 0 atom stereocenters. The van der Waals surface area contributed by atoms with Gasteiger partial charge in [-0.05, 0) is 55.0 Å². The summed E-state index contributed by atoms with van der Waals surface area (Å²) in [5.74, 6) is 1.12. The molecule has 3 rings (SSSR count). The number of rotatable bonds is 8. The Kier molecular flexibility index (Phi) is 7.32. The molecule has 0 bridgehead atoms. The summed E-state index contributed by atoms with van der Waals surface area (Å²) in [6, 6.07) is 18.9. The number of halogens is 3. The second-order valence-corrected chi connectivity index (χ2v) is 7.33. The van der Waals surface area contributed by atoms with Gasteiger partial charge in [0.05, 0.1) is 11.6 Å². The van der Waals surface area contributed by atoms with Crippen LogP contribution < -0.4 is 14.8 Å². The quantitative estimate of drug-likeness (QED) is 0.404. The summed E-state index contributed by atoms with van der Waals surface area (Å²) in [7, 11) is 0. The summed E-state index contributed by atoms with van der Waals surface area (Å²) in [5, 5.41) is 5.18. The SMILES string of the molecule is CCOc1cc(CNc2ccc(Cl)cc2)cc(Cl)c1OCc1ccccc1Cl. The molecule has 0 aromatic heterocycles. The molecule has 0 amide bonds. The smallest absolute Gasteiger partial charge is 0.180 e. The number of ether oxygens (including phenoxy) is 2. The van der Waals surface area contributed by atoms with Crippen molar-refractivity contribution in [2.45, 2.75) is 20.1 Å². The summed E-state index contributed by atoms with van der Waals surface area (Å²) in [6.07, 6.45) is 0. The Morgan fingerprint density at radius 1 is 0.857 bits per heavy atom. The zero-order valence-electron chi connectivity index (χ0n) is 15.3. The Morgan fingerprint density at radius 2 is 1.61 bits per heavy atom. The van der Waals surface area contributed by atoms with E-state index in [4.69, 9.17) is 44.3 Å². The van der Waals surface area contributed by atoms with E-state index in [1.165, 1.54) is 0 Å². The van der Waals surface area contributed by atoms with Crippen LogP contribution in [0.25, 0.3) is 0 Å². The molecule has 0 aliphatic carbocycles. The number of benzene rings is 3.